The number of carbonyl (C=O) groups excluding carboxylic acids is 2. The molecule has 0 radical (unpaired) electrons. The maximum atomic E-state index is 12.1. The molecule has 0 bridgehead atoms. The Morgan fingerprint density at radius 1 is 1.27 bits per heavy atom. The lowest BCUT2D eigenvalue weighted by molar-refractivity contribution is -0.127. The number of hydrogen-bond donors (Lipinski definition) is 2. The van der Waals surface area contributed by atoms with Gasteiger partial charge in [-0.3, -0.25) is 9.59 Å². The number of halogens is 1. The second-order valence-electron chi connectivity index (χ2n) is 5.12. The Labute approximate surface area is 134 Å². The predicted molar refractivity (Wildman–Crippen MR) is 82.3 cm³/mol. The van der Waals surface area contributed by atoms with E-state index in [1.807, 2.05) is 0 Å². The summed E-state index contributed by atoms with van der Waals surface area (Å²) in [7, 11) is -3.76. The van der Waals surface area contributed by atoms with Crippen molar-refractivity contribution in [3.05, 3.63) is 29.3 Å². The van der Waals surface area contributed by atoms with Crippen molar-refractivity contribution in [2.24, 2.45) is 0 Å². The standard InChI is InChI=1S/C14H17ClN2O4S/c15-10-4-6-11(7-5-10)22(20,21)9-13(18)17-12-3-1-2-8-16-14(12)19/h4-7,12H,1-3,8-9H2,(H,16,19)(H,17,18). The SMILES string of the molecule is O=C(CS(=O)(=O)c1ccc(Cl)cc1)NC1CCCCNC1=O. The molecule has 0 spiro atoms. The van der Waals surface area contributed by atoms with Gasteiger partial charge in [0.05, 0.1) is 4.90 Å². The number of amides is 2. The molecule has 1 heterocycles. The Hall–Kier alpha value is -1.60. The summed E-state index contributed by atoms with van der Waals surface area (Å²) in [6, 6.07) is 4.93. The summed E-state index contributed by atoms with van der Waals surface area (Å²) in [5.41, 5.74) is 0. The van der Waals surface area contributed by atoms with Crippen LogP contribution in [0.15, 0.2) is 29.2 Å². The summed E-state index contributed by atoms with van der Waals surface area (Å²) in [5.74, 6) is -1.65. The minimum atomic E-state index is -3.76. The minimum Gasteiger partial charge on any atom is -0.354 e. The molecule has 8 heteroatoms. The molecule has 1 fully saturated rings. The third kappa shape index (κ3) is 4.45. The molecule has 120 valence electrons. The molecule has 6 nitrogen and oxygen atoms in total. The molecule has 2 amide bonds. The van der Waals surface area contributed by atoms with Gasteiger partial charge in [-0.15, -0.1) is 0 Å². The fraction of sp³-hybridized carbons (Fsp3) is 0.429. The van der Waals surface area contributed by atoms with E-state index in [1.54, 1.807) is 0 Å². The van der Waals surface area contributed by atoms with Gasteiger partial charge in [0.1, 0.15) is 11.8 Å². The van der Waals surface area contributed by atoms with Crippen molar-refractivity contribution in [2.45, 2.75) is 30.2 Å². The van der Waals surface area contributed by atoms with Crippen molar-refractivity contribution in [3.8, 4) is 0 Å². The first-order valence-electron chi connectivity index (χ1n) is 6.94. The molecule has 2 N–H and O–H groups in total. The van der Waals surface area contributed by atoms with Crippen LogP contribution in [0, 0.1) is 0 Å². The zero-order valence-corrected chi connectivity index (χ0v) is 13.4. The highest BCUT2D eigenvalue weighted by Gasteiger charge is 2.25. The van der Waals surface area contributed by atoms with Gasteiger partial charge in [-0.2, -0.15) is 0 Å². The molecule has 1 atom stereocenters. The minimum absolute atomic E-state index is 0.0253. The summed E-state index contributed by atoms with van der Waals surface area (Å²) >= 11 is 5.71. The molecule has 0 saturated carbocycles. The van der Waals surface area contributed by atoms with E-state index in [1.165, 1.54) is 24.3 Å². The van der Waals surface area contributed by atoms with Crippen LogP contribution in [0.1, 0.15) is 19.3 Å². The van der Waals surface area contributed by atoms with Crippen molar-refractivity contribution < 1.29 is 18.0 Å². The molecule has 22 heavy (non-hydrogen) atoms. The van der Waals surface area contributed by atoms with Gasteiger partial charge >= 0.3 is 0 Å². The highest BCUT2D eigenvalue weighted by atomic mass is 35.5. The van der Waals surface area contributed by atoms with E-state index < -0.39 is 27.5 Å². The quantitative estimate of drug-likeness (QED) is 0.848. The molecule has 1 aliphatic rings. The topological polar surface area (TPSA) is 92.3 Å². The van der Waals surface area contributed by atoms with Crippen molar-refractivity contribution in [2.75, 3.05) is 12.3 Å². The molecule has 0 aromatic heterocycles. The van der Waals surface area contributed by atoms with Crippen LogP contribution >= 0.6 is 11.6 Å². The predicted octanol–water partition coefficient (Wildman–Crippen LogP) is 0.899. The molecule has 1 aromatic carbocycles. The average molecular weight is 345 g/mol. The van der Waals surface area contributed by atoms with Gasteiger partial charge in [0.15, 0.2) is 9.84 Å². The van der Waals surface area contributed by atoms with Crippen LogP contribution in [-0.2, 0) is 19.4 Å². The van der Waals surface area contributed by atoms with Gasteiger partial charge in [-0.1, -0.05) is 11.6 Å². The number of benzene rings is 1. The Balaban J connectivity index is 2.01. The largest absolute Gasteiger partial charge is 0.354 e. The summed E-state index contributed by atoms with van der Waals surface area (Å²) in [6.07, 6.45) is 2.16. The first kappa shape index (κ1) is 16.8. The number of carbonyl (C=O) groups is 2. The van der Waals surface area contributed by atoms with Gasteiger partial charge in [0.25, 0.3) is 0 Å². The third-order valence-corrected chi connectivity index (χ3v) is 5.25. The van der Waals surface area contributed by atoms with E-state index in [4.69, 9.17) is 11.6 Å². The monoisotopic (exact) mass is 344 g/mol. The van der Waals surface area contributed by atoms with Gasteiger partial charge in [-0.05, 0) is 43.5 Å². The lowest BCUT2D eigenvalue weighted by Gasteiger charge is -2.15. The van der Waals surface area contributed by atoms with Crippen molar-refractivity contribution in [1.82, 2.24) is 10.6 Å². The van der Waals surface area contributed by atoms with Gasteiger partial charge < -0.3 is 10.6 Å². The smallest absolute Gasteiger partial charge is 0.242 e. The Morgan fingerprint density at radius 2 is 1.95 bits per heavy atom. The zero-order valence-electron chi connectivity index (χ0n) is 11.8. The van der Waals surface area contributed by atoms with E-state index in [2.05, 4.69) is 10.6 Å². The Bertz CT molecular complexity index is 658. The fourth-order valence-electron chi connectivity index (χ4n) is 2.21. The van der Waals surface area contributed by atoms with E-state index >= 15 is 0 Å². The van der Waals surface area contributed by atoms with E-state index in [-0.39, 0.29) is 10.8 Å². The molecule has 0 aliphatic carbocycles. The van der Waals surface area contributed by atoms with Crippen LogP contribution in [-0.4, -0.2) is 38.6 Å². The second kappa shape index (κ2) is 7.11. The molecular weight excluding hydrogens is 328 g/mol. The van der Waals surface area contributed by atoms with Crippen molar-refractivity contribution in [1.29, 1.82) is 0 Å². The summed E-state index contributed by atoms with van der Waals surface area (Å²) in [4.78, 5) is 23.7. The van der Waals surface area contributed by atoms with Crippen LogP contribution in [0.5, 0.6) is 0 Å². The first-order valence-corrected chi connectivity index (χ1v) is 8.97. The van der Waals surface area contributed by atoms with Gasteiger partial charge in [0.2, 0.25) is 11.8 Å². The Morgan fingerprint density at radius 3 is 2.64 bits per heavy atom. The normalized spacial score (nSPS) is 19.1. The Kier molecular flexibility index (Phi) is 5.42. The van der Waals surface area contributed by atoms with Crippen LogP contribution in [0.4, 0.5) is 0 Å². The van der Waals surface area contributed by atoms with Gasteiger partial charge in [-0.25, -0.2) is 8.42 Å². The number of nitrogens with one attached hydrogen (secondary N) is 2. The summed E-state index contributed by atoms with van der Waals surface area (Å²) in [6.45, 7) is 0.578. The van der Waals surface area contributed by atoms with E-state index in [9.17, 15) is 18.0 Å². The highest BCUT2D eigenvalue weighted by molar-refractivity contribution is 7.92. The molecular formula is C14H17ClN2O4S. The van der Waals surface area contributed by atoms with Crippen LogP contribution in [0.3, 0.4) is 0 Å². The van der Waals surface area contributed by atoms with Crippen LogP contribution in [0.2, 0.25) is 5.02 Å². The maximum Gasteiger partial charge on any atom is 0.242 e. The summed E-state index contributed by atoms with van der Waals surface area (Å²) < 4.78 is 24.3. The lowest BCUT2D eigenvalue weighted by atomic mass is 10.1. The molecule has 2 rings (SSSR count). The van der Waals surface area contributed by atoms with Crippen molar-refractivity contribution >= 4 is 33.3 Å². The summed E-state index contributed by atoms with van der Waals surface area (Å²) in [5, 5.41) is 5.59. The van der Waals surface area contributed by atoms with Crippen molar-refractivity contribution in [3.63, 3.8) is 0 Å². The zero-order chi connectivity index (χ0) is 16.2. The molecule has 1 aromatic rings. The van der Waals surface area contributed by atoms with Crippen LogP contribution in [0.25, 0.3) is 0 Å². The van der Waals surface area contributed by atoms with E-state index in [0.29, 0.717) is 18.0 Å². The first-order chi connectivity index (χ1) is 10.4. The molecule has 1 unspecified atom stereocenters. The van der Waals surface area contributed by atoms with E-state index in [0.717, 1.165) is 12.8 Å². The third-order valence-electron chi connectivity index (χ3n) is 3.36. The lowest BCUT2D eigenvalue weighted by Crippen LogP contribution is -2.47. The number of sulfone groups is 1. The van der Waals surface area contributed by atoms with Gasteiger partial charge in [0, 0.05) is 11.6 Å². The number of rotatable bonds is 4. The fourth-order valence-corrected chi connectivity index (χ4v) is 3.48. The maximum absolute atomic E-state index is 12.1. The average Bonchev–Trinajstić information content (AvgIpc) is 2.64. The second-order valence-corrected chi connectivity index (χ2v) is 7.55. The number of hydrogen-bond acceptors (Lipinski definition) is 4. The van der Waals surface area contributed by atoms with Crippen LogP contribution < -0.4 is 10.6 Å². The molecule has 1 aliphatic heterocycles. The highest BCUT2D eigenvalue weighted by Crippen LogP contribution is 2.15. The molecule has 1 saturated heterocycles.